The van der Waals surface area contributed by atoms with Gasteiger partial charge in [0.15, 0.2) is 5.16 Å². The Morgan fingerprint density at radius 1 is 1.29 bits per heavy atom. The van der Waals surface area contributed by atoms with Crippen LogP contribution >= 0.6 is 11.8 Å². The van der Waals surface area contributed by atoms with E-state index in [4.69, 9.17) is 4.74 Å². The van der Waals surface area contributed by atoms with Crippen molar-refractivity contribution in [2.24, 2.45) is 7.05 Å². The third kappa shape index (κ3) is 4.06. The van der Waals surface area contributed by atoms with Crippen LogP contribution in [-0.4, -0.2) is 27.9 Å². The molecule has 1 aromatic carbocycles. The van der Waals surface area contributed by atoms with Gasteiger partial charge in [0, 0.05) is 24.7 Å². The van der Waals surface area contributed by atoms with Crippen molar-refractivity contribution in [3.8, 4) is 0 Å². The van der Waals surface area contributed by atoms with E-state index < -0.39 is 5.25 Å². The molecule has 2 aromatic rings. The minimum atomic E-state index is -0.421. The molecule has 2 rings (SSSR count). The van der Waals surface area contributed by atoms with Crippen LogP contribution in [-0.2, 0) is 23.0 Å². The predicted molar refractivity (Wildman–Crippen MR) is 95.5 cm³/mol. The highest BCUT2D eigenvalue weighted by atomic mass is 32.2. The second-order valence-corrected chi connectivity index (χ2v) is 7.08. The molecule has 0 bridgehead atoms. The van der Waals surface area contributed by atoms with E-state index in [1.54, 1.807) is 14.0 Å². The molecule has 5 nitrogen and oxygen atoms in total. The summed E-state index contributed by atoms with van der Waals surface area (Å²) in [5.41, 5.74) is 3.55. The van der Waals surface area contributed by atoms with Crippen LogP contribution < -0.4 is 5.56 Å². The lowest BCUT2D eigenvalue weighted by Gasteiger charge is -2.14. The highest BCUT2D eigenvalue weighted by Crippen LogP contribution is 2.22. The first-order valence-electron chi connectivity index (χ1n) is 7.70. The molecule has 0 aliphatic heterocycles. The molecular weight excluding hydrogens is 324 g/mol. The highest BCUT2D eigenvalue weighted by Gasteiger charge is 2.19. The molecule has 0 aliphatic carbocycles. The van der Waals surface area contributed by atoms with Crippen LogP contribution in [0.25, 0.3) is 0 Å². The molecule has 1 atom stereocenters. The molecule has 1 aromatic heterocycles. The zero-order valence-electron chi connectivity index (χ0n) is 14.6. The predicted octanol–water partition coefficient (Wildman–Crippen LogP) is 2.64. The van der Waals surface area contributed by atoms with Crippen molar-refractivity contribution in [2.45, 2.75) is 37.6 Å². The molecule has 0 radical (unpaired) electrons. The summed E-state index contributed by atoms with van der Waals surface area (Å²) in [5.74, 6) is -0.337. The minimum absolute atomic E-state index is 0.0809. The molecule has 0 amide bonds. The number of hydrogen-bond acceptors (Lipinski definition) is 5. The molecule has 128 valence electrons. The average molecular weight is 346 g/mol. The second-order valence-electron chi connectivity index (χ2n) is 5.77. The first kappa shape index (κ1) is 18.3. The Balaban J connectivity index is 2.32. The zero-order valence-corrected chi connectivity index (χ0v) is 15.4. The lowest BCUT2D eigenvalue weighted by atomic mass is 10.0. The van der Waals surface area contributed by atoms with E-state index in [2.05, 4.69) is 4.98 Å². The van der Waals surface area contributed by atoms with Gasteiger partial charge in [0.25, 0.3) is 5.56 Å². The van der Waals surface area contributed by atoms with Crippen molar-refractivity contribution in [2.75, 3.05) is 7.11 Å². The highest BCUT2D eigenvalue weighted by molar-refractivity contribution is 8.00. The number of aryl methyl sites for hydroxylation is 2. The van der Waals surface area contributed by atoms with Crippen LogP contribution in [0.3, 0.4) is 0 Å². The fourth-order valence-corrected chi connectivity index (χ4v) is 3.26. The fourth-order valence-electron chi connectivity index (χ4n) is 2.32. The lowest BCUT2D eigenvalue weighted by molar-refractivity contribution is -0.139. The SMILES string of the molecule is COC(=O)[C@H](C)Sc1nc(C)c(Cc2ccc(C)cc2)c(=O)n1C. The molecule has 0 N–H and O–H groups in total. The number of aromatic nitrogens is 2. The number of benzene rings is 1. The average Bonchev–Trinajstić information content (AvgIpc) is 2.57. The Morgan fingerprint density at radius 3 is 2.50 bits per heavy atom. The molecule has 0 saturated carbocycles. The summed E-state index contributed by atoms with van der Waals surface area (Å²) in [6.45, 7) is 5.60. The van der Waals surface area contributed by atoms with Crippen LogP contribution in [0.15, 0.2) is 34.2 Å². The Bertz CT molecular complexity index is 797. The topological polar surface area (TPSA) is 61.2 Å². The van der Waals surface area contributed by atoms with E-state index in [9.17, 15) is 9.59 Å². The zero-order chi connectivity index (χ0) is 17.9. The van der Waals surface area contributed by atoms with E-state index in [0.29, 0.717) is 22.8 Å². The molecule has 0 unspecified atom stereocenters. The van der Waals surface area contributed by atoms with Crippen molar-refractivity contribution in [3.63, 3.8) is 0 Å². The summed E-state index contributed by atoms with van der Waals surface area (Å²) in [6, 6.07) is 8.11. The van der Waals surface area contributed by atoms with Crippen LogP contribution in [0.2, 0.25) is 0 Å². The Hall–Kier alpha value is -2.08. The van der Waals surface area contributed by atoms with E-state index in [1.165, 1.54) is 29.0 Å². The first-order valence-corrected chi connectivity index (χ1v) is 8.58. The van der Waals surface area contributed by atoms with Gasteiger partial charge >= 0.3 is 5.97 Å². The number of carbonyl (C=O) groups excluding carboxylic acids is 1. The molecule has 24 heavy (non-hydrogen) atoms. The van der Waals surface area contributed by atoms with E-state index in [1.807, 2.05) is 38.1 Å². The van der Waals surface area contributed by atoms with E-state index >= 15 is 0 Å². The molecule has 0 fully saturated rings. The molecule has 1 heterocycles. The summed E-state index contributed by atoms with van der Waals surface area (Å²) in [6.07, 6.45) is 0.545. The number of hydrogen-bond donors (Lipinski definition) is 0. The normalized spacial score (nSPS) is 12.0. The number of thioether (sulfide) groups is 1. The molecule has 6 heteroatoms. The van der Waals surface area contributed by atoms with Crippen molar-refractivity contribution >= 4 is 17.7 Å². The number of carbonyl (C=O) groups is 1. The number of nitrogens with zero attached hydrogens (tertiary/aromatic N) is 2. The minimum Gasteiger partial charge on any atom is -0.468 e. The summed E-state index contributed by atoms with van der Waals surface area (Å²) < 4.78 is 6.22. The number of ether oxygens (including phenoxy) is 1. The van der Waals surface area contributed by atoms with Crippen molar-refractivity contribution in [1.29, 1.82) is 0 Å². The molecular formula is C18H22N2O3S. The number of rotatable bonds is 5. The number of esters is 1. The third-order valence-electron chi connectivity index (χ3n) is 3.87. The van der Waals surface area contributed by atoms with Gasteiger partial charge in [-0.3, -0.25) is 14.2 Å². The summed E-state index contributed by atoms with van der Waals surface area (Å²) in [5, 5.41) is 0.0958. The Morgan fingerprint density at radius 2 is 1.92 bits per heavy atom. The van der Waals surface area contributed by atoms with Crippen molar-refractivity contribution in [3.05, 3.63) is 57.0 Å². The quantitative estimate of drug-likeness (QED) is 0.473. The maximum Gasteiger partial charge on any atom is 0.318 e. The Labute approximate surface area is 146 Å². The third-order valence-corrected chi connectivity index (χ3v) is 4.99. The van der Waals surface area contributed by atoms with Crippen LogP contribution in [0.1, 0.15) is 29.3 Å². The molecule has 0 spiro atoms. The van der Waals surface area contributed by atoms with Gasteiger partial charge in [-0.05, 0) is 26.3 Å². The van der Waals surface area contributed by atoms with E-state index in [0.717, 1.165) is 5.56 Å². The summed E-state index contributed by atoms with van der Waals surface area (Å²) in [4.78, 5) is 28.8. The van der Waals surface area contributed by atoms with E-state index in [-0.39, 0.29) is 11.5 Å². The molecule has 0 saturated heterocycles. The first-order chi connectivity index (χ1) is 11.3. The van der Waals surface area contributed by atoms with Gasteiger partial charge in [0.2, 0.25) is 0 Å². The van der Waals surface area contributed by atoms with Crippen LogP contribution in [0.5, 0.6) is 0 Å². The van der Waals surface area contributed by atoms with Crippen molar-refractivity contribution in [1.82, 2.24) is 9.55 Å². The second kappa shape index (κ2) is 7.66. The molecule has 0 aliphatic rings. The summed E-state index contributed by atoms with van der Waals surface area (Å²) in [7, 11) is 3.03. The van der Waals surface area contributed by atoms with Crippen LogP contribution in [0, 0.1) is 13.8 Å². The monoisotopic (exact) mass is 346 g/mol. The fraction of sp³-hybridized carbons (Fsp3) is 0.389. The van der Waals surface area contributed by atoms with Gasteiger partial charge in [0.1, 0.15) is 5.25 Å². The standard InChI is InChI=1S/C18H22N2O3S/c1-11-6-8-14(9-7-11)10-15-12(2)19-18(20(4)16(15)21)24-13(3)17(22)23-5/h6-9,13H,10H2,1-5H3/t13-/m0/s1. The lowest BCUT2D eigenvalue weighted by Crippen LogP contribution is -2.27. The van der Waals surface area contributed by atoms with Gasteiger partial charge in [-0.25, -0.2) is 4.98 Å². The largest absolute Gasteiger partial charge is 0.468 e. The van der Waals surface area contributed by atoms with Gasteiger partial charge in [-0.1, -0.05) is 41.6 Å². The smallest absolute Gasteiger partial charge is 0.318 e. The van der Waals surface area contributed by atoms with Gasteiger partial charge in [-0.15, -0.1) is 0 Å². The van der Waals surface area contributed by atoms with Gasteiger partial charge in [-0.2, -0.15) is 0 Å². The summed E-state index contributed by atoms with van der Waals surface area (Å²) >= 11 is 1.23. The van der Waals surface area contributed by atoms with Crippen molar-refractivity contribution < 1.29 is 9.53 Å². The number of methoxy groups -OCH3 is 1. The van der Waals surface area contributed by atoms with Gasteiger partial charge < -0.3 is 4.74 Å². The van der Waals surface area contributed by atoms with Crippen LogP contribution in [0.4, 0.5) is 0 Å². The van der Waals surface area contributed by atoms with Gasteiger partial charge in [0.05, 0.1) is 7.11 Å². The Kier molecular flexibility index (Phi) is 5.83. The maximum absolute atomic E-state index is 12.7. The maximum atomic E-state index is 12.7.